The van der Waals surface area contributed by atoms with Crippen LogP contribution < -0.4 is 0 Å². The van der Waals surface area contributed by atoms with Crippen LogP contribution in [0.4, 0.5) is 0 Å². The highest BCUT2D eigenvalue weighted by Gasteiger charge is 2.51. The van der Waals surface area contributed by atoms with Crippen molar-refractivity contribution in [2.24, 2.45) is 10.8 Å². The molecule has 0 aromatic heterocycles. The predicted molar refractivity (Wildman–Crippen MR) is 169 cm³/mol. The second-order valence-electron chi connectivity index (χ2n) is 15.5. The molecule has 40 heavy (non-hydrogen) atoms. The molecule has 0 unspecified atom stereocenters. The molecule has 2 nitrogen and oxygen atoms in total. The zero-order valence-corrected chi connectivity index (χ0v) is 25.7. The SMILES string of the molecule is CC(C)(C)O[C@H]1CC[C@H]2c3ccc4cc5ccc6c(c5cc4c3C=C[C@]12C)C=C[C@]1(C)[C@@H](OC(C)(C)C)CC[C@@H]61. The van der Waals surface area contributed by atoms with Gasteiger partial charge in [0.1, 0.15) is 0 Å². The van der Waals surface area contributed by atoms with E-state index in [4.69, 9.17) is 9.47 Å². The molecule has 0 aliphatic heterocycles. The standard InChI is InChI=1S/C38H46O2/c1-35(2,3)39-33-15-13-31-27-11-9-23-21-24-10-12-28-26(30(24)22-29(23)25(27)17-19-37(31,33)7)18-20-38(8)32(28)14-16-34(38)40-36(4,5)6/h9-12,17-22,31-34H,13-16H2,1-8H3/t31-,32-,33-,34-,37-,38-/m0/s1. The van der Waals surface area contributed by atoms with E-state index < -0.39 is 0 Å². The van der Waals surface area contributed by atoms with Crippen molar-refractivity contribution >= 4 is 33.7 Å². The van der Waals surface area contributed by atoms with E-state index in [9.17, 15) is 0 Å². The van der Waals surface area contributed by atoms with Crippen LogP contribution in [-0.4, -0.2) is 23.4 Å². The Morgan fingerprint density at radius 2 is 1.02 bits per heavy atom. The van der Waals surface area contributed by atoms with Crippen molar-refractivity contribution in [1.82, 2.24) is 0 Å². The number of fused-ring (bicyclic) bond motifs is 10. The van der Waals surface area contributed by atoms with Crippen molar-refractivity contribution in [2.75, 3.05) is 0 Å². The maximum Gasteiger partial charge on any atom is 0.0676 e. The highest BCUT2D eigenvalue weighted by Crippen LogP contribution is 2.58. The number of rotatable bonds is 2. The molecule has 2 saturated carbocycles. The van der Waals surface area contributed by atoms with E-state index in [1.807, 2.05) is 0 Å². The lowest BCUT2D eigenvalue weighted by Gasteiger charge is -2.40. The third-order valence-electron chi connectivity index (χ3n) is 10.6. The van der Waals surface area contributed by atoms with Gasteiger partial charge in [0.2, 0.25) is 0 Å². The molecule has 0 heterocycles. The fourth-order valence-corrected chi connectivity index (χ4v) is 8.71. The summed E-state index contributed by atoms with van der Waals surface area (Å²) in [7, 11) is 0. The van der Waals surface area contributed by atoms with Gasteiger partial charge in [0.15, 0.2) is 0 Å². The Bertz CT molecular complexity index is 1460. The van der Waals surface area contributed by atoms with E-state index in [-0.39, 0.29) is 34.2 Å². The van der Waals surface area contributed by atoms with E-state index in [1.165, 1.54) is 56.6 Å². The third-order valence-corrected chi connectivity index (χ3v) is 10.6. The first kappa shape index (κ1) is 26.5. The third kappa shape index (κ3) is 3.97. The molecule has 0 amide bonds. The smallest absolute Gasteiger partial charge is 0.0676 e. The summed E-state index contributed by atoms with van der Waals surface area (Å²) in [6, 6.07) is 14.5. The van der Waals surface area contributed by atoms with E-state index in [0.29, 0.717) is 11.8 Å². The van der Waals surface area contributed by atoms with Crippen molar-refractivity contribution in [1.29, 1.82) is 0 Å². The highest BCUT2D eigenvalue weighted by molar-refractivity contribution is 6.06. The fraction of sp³-hybridized carbons (Fsp3) is 0.526. The monoisotopic (exact) mass is 534 g/mol. The van der Waals surface area contributed by atoms with Gasteiger partial charge < -0.3 is 9.47 Å². The quantitative estimate of drug-likeness (QED) is 0.305. The van der Waals surface area contributed by atoms with Gasteiger partial charge in [-0.05, 0) is 135 Å². The number of hydrogen-bond donors (Lipinski definition) is 0. The van der Waals surface area contributed by atoms with Crippen LogP contribution >= 0.6 is 0 Å². The van der Waals surface area contributed by atoms with E-state index in [0.717, 1.165) is 12.8 Å². The molecule has 2 fully saturated rings. The summed E-state index contributed by atoms with van der Waals surface area (Å²) in [5, 5.41) is 5.45. The molecule has 0 bridgehead atoms. The van der Waals surface area contributed by atoms with Gasteiger partial charge in [-0.15, -0.1) is 0 Å². The average molecular weight is 535 g/mol. The topological polar surface area (TPSA) is 18.5 Å². The number of ether oxygens (including phenoxy) is 2. The molecule has 4 aliphatic carbocycles. The first-order valence-corrected chi connectivity index (χ1v) is 15.5. The Morgan fingerprint density at radius 3 is 1.43 bits per heavy atom. The van der Waals surface area contributed by atoms with Crippen molar-refractivity contribution in [3.63, 3.8) is 0 Å². The zero-order valence-electron chi connectivity index (χ0n) is 25.7. The van der Waals surface area contributed by atoms with Gasteiger partial charge in [0.25, 0.3) is 0 Å². The van der Waals surface area contributed by atoms with Crippen molar-refractivity contribution < 1.29 is 9.47 Å². The summed E-state index contributed by atoms with van der Waals surface area (Å²) in [5.41, 5.74) is 5.68. The first-order chi connectivity index (χ1) is 18.8. The number of hydrogen-bond acceptors (Lipinski definition) is 2. The minimum Gasteiger partial charge on any atom is -0.372 e. The molecule has 0 radical (unpaired) electrons. The maximum absolute atomic E-state index is 6.60. The molecule has 4 aliphatic rings. The van der Waals surface area contributed by atoms with E-state index >= 15 is 0 Å². The fourth-order valence-electron chi connectivity index (χ4n) is 8.71. The van der Waals surface area contributed by atoms with Gasteiger partial charge in [-0.2, -0.15) is 0 Å². The molecule has 2 heteroatoms. The first-order valence-electron chi connectivity index (χ1n) is 15.5. The van der Waals surface area contributed by atoms with Crippen LogP contribution in [0.1, 0.15) is 115 Å². The van der Waals surface area contributed by atoms with Crippen molar-refractivity contribution in [2.45, 2.75) is 116 Å². The van der Waals surface area contributed by atoms with Crippen LogP contribution in [0.3, 0.4) is 0 Å². The summed E-state index contributed by atoms with van der Waals surface area (Å²) in [6.07, 6.45) is 14.9. The Hall–Kier alpha value is -2.42. The van der Waals surface area contributed by atoms with Gasteiger partial charge in [0, 0.05) is 10.8 Å². The lowest BCUT2D eigenvalue weighted by molar-refractivity contribution is -0.0912. The summed E-state index contributed by atoms with van der Waals surface area (Å²) in [5.74, 6) is 1.01. The van der Waals surface area contributed by atoms with Gasteiger partial charge in [-0.1, -0.05) is 62.4 Å². The summed E-state index contributed by atoms with van der Waals surface area (Å²) in [6.45, 7) is 17.9. The molecule has 3 aromatic carbocycles. The minimum absolute atomic E-state index is 0.0469. The zero-order chi connectivity index (χ0) is 28.2. The highest BCUT2D eigenvalue weighted by atomic mass is 16.5. The second-order valence-corrected chi connectivity index (χ2v) is 15.5. The van der Waals surface area contributed by atoms with Gasteiger partial charge in [-0.25, -0.2) is 0 Å². The van der Waals surface area contributed by atoms with Gasteiger partial charge in [0.05, 0.1) is 23.4 Å². The largest absolute Gasteiger partial charge is 0.372 e. The Kier molecular flexibility index (Phi) is 5.66. The van der Waals surface area contributed by atoms with Crippen molar-refractivity contribution in [3.05, 3.63) is 70.8 Å². The van der Waals surface area contributed by atoms with Crippen LogP contribution in [0.25, 0.3) is 33.7 Å². The summed E-state index contributed by atoms with van der Waals surface area (Å²) >= 11 is 0. The molecular formula is C38H46O2. The predicted octanol–water partition coefficient (Wildman–Crippen LogP) is 10.2. The van der Waals surface area contributed by atoms with Crippen LogP contribution in [0.15, 0.2) is 48.6 Å². The Morgan fingerprint density at radius 1 is 0.600 bits per heavy atom. The summed E-state index contributed by atoms with van der Waals surface area (Å²) < 4.78 is 13.2. The van der Waals surface area contributed by atoms with E-state index in [2.05, 4.69) is 116 Å². The molecule has 7 rings (SSSR count). The molecule has 6 atom stereocenters. The maximum atomic E-state index is 6.60. The van der Waals surface area contributed by atoms with Crippen molar-refractivity contribution in [3.8, 4) is 0 Å². The normalized spacial score (nSPS) is 32.8. The molecular weight excluding hydrogens is 488 g/mol. The van der Waals surface area contributed by atoms with Crippen LogP contribution in [0.2, 0.25) is 0 Å². The Balaban J connectivity index is 1.32. The summed E-state index contributed by atoms with van der Waals surface area (Å²) in [4.78, 5) is 0. The lowest BCUT2D eigenvalue weighted by atomic mass is 9.68. The van der Waals surface area contributed by atoms with Crippen LogP contribution in [-0.2, 0) is 9.47 Å². The number of benzene rings is 3. The van der Waals surface area contributed by atoms with Gasteiger partial charge >= 0.3 is 0 Å². The minimum atomic E-state index is -0.125. The molecule has 0 spiro atoms. The molecule has 0 N–H and O–H groups in total. The van der Waals surface area contributed by atoms with Gasteiger partial charge in [-0.3, -0.25) is 0 Å². The average Bonchev–Trinajstić information content (AvgIpc) is 3.37. The van der Waals surface area contributed by atoms with E-state index in [1.54, 1.807) is 0 Å². The molecule has 210 valence electrons. The second kappa shape index (κ2) is 8.55. The van der Waals surface area contributed by atoms with Crippen LogP contribution in [0.5, 0.6) is 0 Å². The Labute approximate surface area is 240 Å². The molecule has 3 aromatic rings. The lowest BCUT2D eigenvalue weighted by Crippen LogP contribution is -2.38. The molecule has 0 saturated heterocycles. The van der Waals surface area contributed by atoms with Crippen LogP contribution in [0, 0.1) is 10.8 Å².